The van der Waals surface area contributed by atoms with Gasteiger partial charge in [-0.05, 0) is 63.9 Å². The minimum Gasteiger partial charge on any atom is -0.497 e. The predicted octanol–water partition coefficient (Wildman–Crippen LogP) is 3.89. The largest absolute Gasteiger partial charge is 0.497 e. The van der Waals surface area contributed by atoms with Crippen molar-refractivity contribution in [3.8, 4) is 5.75 Å². The number of aliphatic hydroxyl groups excluding tert-OH is 1. The molecule has 0 aliphatic heterocycles. The first-order valence-electron chi connectivity index (χ1n) is 11.9. The highest BCUT2D eigenvalue weighted by molar-refractivity contribution is 5.99. The van der Waals surface area contributed by atoms with Crippen LogP contribution in [-0.2, 0) is 14.3 Å². The van der Waals surface area contributed by atoms with E-state index in [9.17, 15) is 19.5 Å². The monoisotopic (exact) mass is 499 g/mol. The van der Waals surface area contributed by atoms with Crippen LogP contribution in [0.2, 0.25) is 0 Å². The van der Waals surface area contributed by atoms with Gasteiger partial charge in [0.05, 0.1) is 13.7 Å². The van der Waals surface area contributed by atoms with E-state index in [1.165, 1.54) is 4.90 Å². The van der Waals surface area contributed by atoms with Gasteiger partial charge in [-0.1, -0.05) is 37.3 Å². The molecule has 0 aliphatic carbocycles. The van der Waals surface area contributed by atoms with Gasteiger partial charge in [0.15, 0.2) is 0 Å². The Bertz CT molecular complexity index is 1000. The molecule has 3 atom stereocenters. The Morgan fingerprint density at radius 3 is 2.14 bits per heavy atom. The van der Waals surface area contributed by atoms with Crippen LogP contribution in [0, 0.1) is 0 Å². The number of benzene rings is 2. The molecule has 9 nitrogen and oxygen atoms in total. The Kier molecular flexibility index (Phi) is 10.3. The third-order valence-electron chi connectivity index (χ3n) is 5.49. The van der Waals surface area contributed by atoms with E-state index >= 15 is 0 Å². The molecule has 2 aromatic rings. The van der Waals surface area contributed by atoms with Gasteiger partial charge in [-0.25, -0.2) is 4.79 Å². The lowest BCUT2D eigenvalue weighted by molar-refractivity contribution is -0.144. The Morgan fingerprint density at radius 1 is 1.03 bits per heavy atom. The van der Waals surface area contributed by atoms with Crippen LogP contribution in [0.25, 0.3) is 0 Å². The summed E-state index contributed by atoms with van der Waals surface area (Å²) in [5, 5.41) is 15.3. The molecule has 0 spiro atoms. The van der Waals surface area contributed by atoms with Gasteiger partial charge >= 0.3 is 6.09 Å². The molecule has 0 saturated heterocycles. The van der Waals surface area contributed by atoms with Crippen LogP contribution in [0.15, 0.2) is 54.6 Å². The number of alkyl carbamates (subject to hydrolysis) is 1. The van der Waals surface area contributed by atoms with E-state index in [1.54, 1.807) is 76.4 Å². The number of methoxy groups -OCH3 is 1. The number of aliphatic hydroxyl groups is 1. The van der Waals surface area contributed by atoms with Crippen molar-refractivity contribution in [2.45, 2.75) is 64.8 Å². The third kappa shape index (κ3) is 7.98. The molecule has 3 amide bonds. The summed E-state index contributed by atoms with van der Waals surface area (Å²) < 4.78 is 10.4. The summed E-state index contributed by atoms with van der Waals surface area (Å²) in [5.74, 6) is -0.395. The van der Waals surface area contributed by atoms with Gasteiger partial charge in [-0.15, -0.1) is 0 Å². The maximum Gasteiger partial charge on any atom is 0.408 e. The Morgan fingerprint density at radius 2 is 1.64 bits per heavy atom. The van der Waals surface area contributed by atoms with E-state index in [0.29, 0.717) is 23.4 Å². The smallest absolute Gasteiger partial charge is 0.408 e. The molecule has 36 heavy (non-hydrogen) atoms. The normalized spacial score (nSPS) is 13.6. The molecule has 2 rings (SSSR count). The number of anilines is 1. The topological polar surface area (TPSA) is 117 Å². The first-order chi connectivity index (χ1) is 17.0. The number of carbonyl (C=O) groups is 3. The number of hydrogen-bond acceptors (Lipinski definition) is 6. The van der Waals surface area contributed by atoms with Crippen molar-refractivity contribution in [1.82, 2.24) is 10.2 Å². The first kappa shape index (κ1) is 28.6. The minimum absolute atomic E-state index is 0.390. The lowest BCUT2D eigenvalue weighted by atomic mass is 10.00. The summed E-state index contributed by atoms with van der Waals surface area (Å²) in [6.07, 6.45) is -0.298. The second kappa shape index (κ2) is 12.9. The molecule has 9 heteroatoms. The van der Waals surface area contributed by atoms with Gasteiger partial charge in [-0.2, -0.15) is 0 Å². The zero-order chi connectivity index (χ0) is 26.9. The molecule has 0 radical (unpaired) electrons. The quantitative estimate of drug-likeness (QED) is 0.457. The van der Waals surface area contributed by atoms with Crippen molar-refractivity contribution >= 4 is 23.6 Å². The average molecular weight is 500 g/mol. The van der Waals surface area contributed by atoms with Crippen molar-refractivity contribution in [3.05, 3.63) is 60.2 Å². The first-order valence-corrected chi connectivity index (χ1v) is 11.9. The second-order valence-electron chi connectivity index (χ2n) is 9.42. The Labute approximate surface area is 212 Å². The van der Waals surface area contributed by atoms with Crippen molar-refractivity contribution in [2.75, 3.05) is 19.0 Å². The number of amides is 3. The molecule has 3 N–H and O–H groups in total. The fraction of sp³-hybridized carbons (Fsp3) is 0.444. The van der Waals surface area contributed by atoms with Crippen LogP contribution in [0.3, 0.4) is 0 Å². The van der Waals surface area contributed by atoms with Crippen LogP contribution in [0.4, 0.5) is 10.5 Å². The van der Waals surface area contributed by atoms with Gasteiger partial charge < -0.3 is 30.1 Å². The summed E-state index contributed by atoms with van der Waals surface area (Å²) in [7, 11) is 1.55. The number of nitrogens with zero attached hydrogens (tertiary/aromatic N) is 1. The lowest BCUT2D eigenvalue weighted by Gasteiger charge is -2.38. The zero-order valence-electron chi connectivity index (χ0n) is 21.8. The fourth-order valence-corrected chi connectivity index (χ4v) is 3.57. The van der Waals surface area contributed by atoms with Gasteiger partial charge in [0.1, 0.15) is 23.4 Å². The highest BCUT2D eigenvalue weighted by Crippen LogP contribution is 2.28. The van der Waals surface area contributed by atoms with E-state index in [0.717, 1.165) is 0 Å². The molecule has 196 valence electrons. The summed E-state index contributed by atoms with van der Waals surface area (Å²) in [5.41, 5.74) is 0.337. The Balaban J connectivity index is 2.43. The van der Waals surface area contributed by atoms with Crippen molar-refractivity contribution in [1.29, 1.82) is 0 Å². The zero-order valence-corrected chi connectivity index (χ0v) is 21.8. The number of nitrogens with one attached hydrogen (secondary N) is 2. The van der Waals surface area contributed by atoms with Crippen LogP contribution < -0.4 is 15.4 Å². The SMILES string of the molecule is CCC(C)N(C(=O)C(CO)NC(=O)OC(C)(C)C)C(C(=O)Nc1ccc(OC)cc1)c1ccccc1. The Hall–Kier alpha value is -3.59. The molecular formula is C27H37N3O6. The molecule has 0 aliphatic rings. The number of hydrogen-bond donors (Lipinski definition) is 3. The van der Waals surface area contributed by atoms with E-state index in [-0.39, 0.29) is 6.04 Å². The second-order valence-corrected chi connectivity index (χ2v) is 9.42. The van der Waals surface area contributed by atoms with E-state index in [4.69, 9.17) is 9.47 Å². The summed E-state index contributed by atoms with van der Waals surface area (Å²) in [6, 6.07) is 13.0. The maximum absolute atomic E-state index is 13.7. The predicted molar refractivity (Wildman–Crippen MR) is 138 cm³/mol. The van der Waals surface area contributed by atoms with Crippen LogP contribution in [0.1, 0.15) is 52.6 Å². The van der Waals surface area contributed by atoms with Gasteiger partial charge in [0.25, 0.3) is 5.91 Å². The van der Waals surface area contributed by atoms with Gasteiger partial charge in [-0.3, -0.25) is 9.59 Å². The van der Waals surface area contributed by atoms with E-state index < -0.39 is 42.2 Å². The summed E-state index contributed by atoms with van der Waals surface area (Å²) >= 11 is 0. The molecule has 0 bridgehead atoms. The highest BCUT2D eigenvalue weighted by atomic mass is 16.6. The van der Waals surface area contributed by atoms with Crippen LogP contribution in [-0.4, -0.2) is 59.3 Å². The van der Waals surface area contributed by atoms with Crippen molar-refractivity contribution < 1.29 is 29.0 Å². The molecule has 2 aromatic carbocycles. The van der Waals surface area contributed by atoms with Gasteiger partial charge in [0.2, 0.25) is 5.91 Å². The molecule has 0 aromatic heterocycles. The molecule has 3 unspecified atom stereocenters. The molecule has 0 fully saturated rings. The maximum atomic E-state index is 13.7. The third-order valence-corrected chi connectivity index (χ3v) is 5.49. The van der Waals surface area contributed by atoms with Crippen molar-refractivity contribution in [2.24, 2.45) is 0 Å². The number of carbonyl (C=O) groups excluding carboxylic acids is 3. The fourth-order valence-electron chi connectivity index (χ4n) is 3.57. The molecule has 0 heterocycles. The highest BCUT2D eigenvalue weighted by Gasteiger charge is 2.38. The summed E-state index contributed by atoms with van der Waals surface area (Å²) in [6.45, 7) is 8.14. The average Bonchev–Trinajstić information content (AvgIpc) is 2.84. The standard InChI is InChI=1S/C27H37N3O6/c1-7-18(2)30(25(33)22(17-31)29-26(34)36-27(3,4)5)23(19-11-9-8-10-12-19)24(32)28-20-13-15-21(35-6)16-14-20/h8-16,18,22-23,31H,7,17H2,1-6H3,(H,28,32)(H,29,34). The summed E-state index contributed by atoms with van der Waals surface area (Å²) in [4.78, 5) is 41.1. The van der Waals surface area contributed by atoms with E-state index in [1.807, 2.05) is 19.9 Å². The minimum atomic E-state index is -1.30. The number of ether oxygens (including phenoxy) is 2. The lowest BCUT2D eigenvalue weighted by Crippen LogP contribution is -2.56. The molecule has 0 saturated carbocycles. The van der Waals surface area contributed by atoms with Gasteiger partial charge in [0, 0.05) is 11.7 Å². The van der Waals surface area contributed by atoms with E-state index in [2.05, 4.69) is 10.6 Å². The van der Waals surface area contributed by atoms with Crippen LogP contribution in [0.5, 0.6) is 5.75 Å². The number of rotatable bonds is 10. The van der Waals surface area contributed by atoms with Crippen molar-refractivity contribution in [3.63, 3.8) is 0 Å². The van der Waals surface area contributed by atoms with Crippen LogP contribution >= 0.6 is 0 Å². The molecular weight excluding hydrogens is 462 g/mol.